The van der Waals surface area contributed by atoms with Crippen LogP contribution in [0.2, 0.25) is 0 Å². The predicted octanol–water partition coefficient (Wildman–Crippen LogP) is 1.46. The summed E-state index contributed by atoms with van der Waals surface area (Å²) >= 11 is 0. The molecule has 0 aromatic carbocycles. The number of hydrogen-bond donors (Lipinski definition) is 1. The number of amides is 1. The molecule has 0 aliphatic heterocycles. The predicted molar refractivity (Wildman–Crippen MR) is 42.4 cm³/mol. The van der Waals surface area contributed by atoms with Gasteiger partial charge in [0.2, 0.25) is 5.91 Å². The number of nitrogens with two attached hydrogens (primary N) is 1. The molecule has 0 radical (unpaired) electrons. The monoisotopic (exact) mass is 141 g/mol. The third-order valence-corrected chi connectivity index (χ3v) is 1.57. The Morgan fingerprint density at radius 3 is 2.50 bits per heavy atom. The fourth-order valence-corrected chi connectivity index (χ4v) is 0.627. The van der Waals surface area contributed by atoms with Crippen LogP contribution in [0.15, 0.2) is 11.6 Å². The second-order valence-electron chi connectivity index (χ2n) is 2.60. The highest BCUT2D eigenvalue weighted by Gasteiger charge is 1.99. The van der Waals surface area contributed by atoms with E-state index in [4.69, 9.17) is 5.73 Å². The first-order chi connectivity index (χ1) is 4.57. The zero-order valence-corrected chi connectivity index (χ0v) is 6.85. The molecule has 0 heterocycles. The zero-order chi connectivity index (χ0) is 8.15. The highest BCUT2D eigenvalue weighted by atomic mass is 16.1. The molecular weight excluding hydrogens is 126 g/mol. The summed E-state index contributed by atoms with van der Waals surface area (Å²) in [5.41, 5.74) is 5.69. The van der Waals surface area contributed by atoms with Crippen LogP contribution >= 0.6 is 0 Å². The minimum absolute atomic E-state index is 0.319. The molecule has 0 aliphatic carbocycles. The van der Waals surface area contributed by atoms with Gasteiger partial charge in [0.05, 0.1) is 0 Å². The standard InChI is InChI=1S/C8H15NO/c1-4-6(2)5-7(3)8(9)10/h5-6H,4H2,1-3H3,(H2,9,10). The van der Waals surface area contributed by atoms with Crippen molar-refractivity contribution in [3.8, 4) is 0 Å². The van der Waals surface area contributed by atoms with Gasteiger partial charge in [0.25, 0.3) is 0 Å². The van der Waals surface area contributed by atoms with Crippen molar-refractivity contribution in [1.29, 1.82) is 0 Å². The summed E-state index contributed by atoms with van der Waals surface area (Å²) in [4.78, 5) is 10.5. The summed E-state index contributed by atoms with van der Waals surface area (Å²) in [6.45, 7) is 5.89. The third kappa shape index (κ3) is 3.28. The van der Waals surface area contributed by atoms with Crippen molar-refractivity contribution >= 4 is 5.91 Å². The fraction of sp³-hybridized carbons (Fsp3) is 0.625. The van der Waals surface area contributed by atoms with Gasteiger partial charge >= 0.3 is 0 Å². The summed E-state index contributed by atoms with van der Waals surface area (Å²) < 4.78 is 0. The Morgan fingerprint density at radius 2 is 2.20 bits per heavy atom. The van der Waals surface area contributed by atoms with E-state index in [1.165, 1.54) is 0 Å². The van der Waals surface area contributed by atoms with Crippen molar-refractivity contribution in [2.24, 2.45) is 11.7 Å². The first kappa shape index (κ1) is 9.21. The molecule has 2 nitrogen and oxygen atoms in total. The molecular formula is C8H15NO. The van der Waals surface area contributed by atoms with E-state index < -0.39 is 0 Å². The van der Waals surface area contributed by atoms with Gasteiger partial charge in [0, 0.05) is 5.57 Å². The van der Waals surface area contributed by atoms with Crippen LogP contribution in [0.5, 0.6) is 0 Å². The number of hydrogen-bond acceptors (Lipinski definition) is 1. The second-order valence-corrected chi connectivity index (χ2v) is 2.60. The Bertz CT molecular complexity index is 149. The van der Waals surface area contributed by atoms with Crippen molar-refractivity contribution in [3.63, 3.8) is 0 Å². The minimum atomic E-state index is -0.319. The van der Waals surface area contributed by atoms with Gasteiger partial charge in [-0.1, -0.05) is 26.3 Å². The SMILES string of the molecule is CCC(C)C=C(C)C(N)=O. The molecule has 0 saturated carbocycles. The smallest absolute Gasteiger partial charge is 0.244 e. The van der Waals surface area contributed by atoms with E-state index in [1.807, 2.05) is 6.08 Å². The van der Waals surface area contributed by atoms with Crippen LogP contribution in [0, 0.1) is 5.92 Å². The van der Waals surface area contributed by atoms with Gasteiger partial charge in [-0.15, -0.1) is 0 Å². The van der Waals surface area contributed by atoms with Crippen LogP contribution in [-0.4, -0.2) is 5.91 Å². The summed E-state index contributed by atoms with van der Waals surface area (Å²) in [5.74, 6) is 0.132. The number of allylic oxidation sites excluding steroid dienone is 1. The normalized spacial score (nSPS) is 14.9. The molecule has 0 aromatic heterocycles. The molecule has 0 bridgehead atoms. The van der Waals surface area contributed by atoms with Crippen LogP contribution in [0.4, 0.5) is 0 Å². The molecule has 1 unspecified atom stereocenters. The minimum Gasteiger partial charge on any atom is -0.366 e. The lowest BCUT2D eigenvalue weighted by atomic mass is 10.1. The van der Waals surface area contributed by atoms with Gasteiger partial charge < -0.3 is 5.73 Å². The van der Waals surface area contributed by atoms with Gasteiger partial charge in [-0.05, 0) is 12.8 Å². The zero-order valence-electron chi connectivity index (χ0n) is 6.85. The molecule has 2 N–H and O–H groups in total. The van der Waals surface area contributed by atoms with Crippen LogP contribution in [0.1, 0.15) is 27.2 Å². The Labute approximate surface area is 62.1 Å². The van der Waals surface area contributed by atoms with Gasteiger partial charge in [0.15, 0.2) is 0 Å². The first-order valence-electron chi connectivity index (χ1n) is 3.56. The maximum atomic E-state index is 10.5. The van der Waals surface area contributed by atoms with E-state index in [2.05, 4.69) is 13.8 Å². The molecule has 0 fully saturated rings. The molecule has 10 heavy (non-hydrogen) atoms. The molecule has 0 rings (SSSR count). The van der Waals surface area contributed by atoms with E-state index >= 15 is 0 Å². The van der Waals surface area contributed by atoms with Gasteiger partial charge in [-0.2, -0.15) is 0 Å². The van der Waals surface area contributed by atoms with E-state index in [9.17, 15) is 4.79 Å². The second kappa shape index (κ2) is 4.09. The maximum Gasteiger partial charge on any atom is 0.244 e. The Hall–Kier alpha value is -0.790. The molecule has 0 aromatic rings. The van der Waals surface area contributed by atoms with Gasteiger partial charge in [-0.25, -0.2) is 0 Å². The van der Waals surface area contributed by atoms with Crippen molar-refractivity contribution in [2.75, 3.05) is 0 Å². The molecule has 1 atom stereocenters. The van der Waals surface area contributed by atoms with Gasteiger partial charge in [0.1, 0.15) is 0 Å². The number of carbonyl (C=O) groups excluding carboxylic acids is 1. The Balaban J connectivity index is 4.02. The van der Waals surface area contributed by atoms with E-state index in [0.717, 1.165) is 6.42 Å². The Morgan fingerprint density at radius 1 is 1.70 bits per heavy atom. The van der Waals surface area contributed by atoms with Crippen LogP contribution in [-0.2, 0) is 4.79 Å². The molecule has 58 valence electrons. The molecule has 0 aliphatic rings. The van der Waals surface area contributed by atoms with E-state index in [0.29, 0.717) is 11.5 Å². The highest BCUT2D eigenvalue weighted by molar-refractivity contribution is 5.91. The largest absolute Gasteiger partial charge is 0.366 e. The van der Waals surface area contributed by atoms with Crippen molar-refractivity contribution in [3.05, 3.63) is 11.6 Å². The number of rotatable bonds is 3. The summed E-state index contributed by atoms with van der Waals surface area (Å²) in [7, 11) is 0. The number of carbonyl (C=O) groups is 1. The van der Waals surface area contributed by atoms with Gasteiger partial charge in [-0.3, -0.25) is 4.79 Å². The van der Waals surface area contributed by atoms with Crippen molar-refractivity contribution in [2.45, 2.75) is 27.2 Å². The van der Waals surface area contributed by atoms with E-state index in [-0.39, 0.29) is 5.91 Å². The van der Waals surface area contributed by atoms with Crippen LogP contribution in [0.3, 0.4) is 0 Å². The third-order valence-electron chi connectivity index (χ3n) is 1.57. The van der Waals surface area contributed by atoms with Crippen LogP contribution in [0.25, 0.3) is 0 Å². The maximum absolute atomic E-state index is 10.5. The average Bonchev–Trinajstić information content (AvgIpc) is 1.87. The Kier molecular flexibility index (Phi) is 3.77. The average molecular weight is 141 g/mol. The topological polar surface area (TPSA) is 43.1 Å². The fourth-order valence-electron chi connectivity index (χ4n) is 0.627. The molecule has 1 amide bonds. The highest BCUT2D eigenvalue weighted by Crippen LogP contribution is 2.05. The van der Waals surface area contributed by atoms with E-state index in [1.54, 1.807) is 6.92 Å². The van der Waals surface area contributed by atoms with Crippen molar-refractivity contribution < 1.29 is 4.79 Å². The number of primary amides is 1. The lowest BCUT2D eigenvalue weighted by molar-refractivity contribution is -0.114. The summed E-state index contributed by atoms with van der Waals surface area (Å²) in [6, 6.07) is 0. The van der Waals surface area contributed by atoms with Crippen molar-refractivity contribution in [1.82, 2.24) is 0 Å². The molecule has 0 spiro atoms. The lowest BCUT2D eigenvalue weighted by Gasteiger charge is -2.01. The first-order valence-corrected chi connectivity index (χ1v) is 3.56. The molecule has 0 saturated heterocycles. The quantitative estimate of drug-likeness (QED) is 0.594. The van der Waals surface area contributed by atoms with Crippen LogP contribution < -0.4 is 5.73 Å². The lowest BCUT2D eigenvalue weighted by Crippen LogP contribution is -2.12. The molecule has 2 heteroatoms. The summed E-state index contributed by atoms with van der Waals surface area (Å²) in [5, 5.41) is 0. The summed E-state index contributed by atoms with van der Waals surface area (Å²) in [6.07, 6.45) is 2.95.